The van der Waals surface area contributed by atoms with E-state index in [0.717, 1.165) is 66.3 Å². The third kappa shape index (κ3) is 8.26. The van der Waals surface area contributed by atoms with Crippen molar-refractivity contribution in [3.05, 3.63) is 11.6 Å². The fraction of sp³-hybridized carbons (Fsp3) is 0.880. The van der Waals surface area contributed by atoms with Crippen LogP contribution in [0.4, 0.5) is 0 Å². The highest BCUT2D eigenvalue weighted by atomic mass is 16.8. The van der Waals surface area contributed by atoms with Gasteiger partial charge in [0.05, 0.1) is 39.5 Å². The average molecular weight is 997 g/mol. The van der Waals surface area contributed by atoms with Gasteiger partial charge < -0.3 is 78.0 Å². The molecular formula is C50H76O20. The number of aliphatic hydroxyl groups is 6. The van der Waals surface area contributed by atoms with Gasteiger partial charge in [-0.3, -0.25) is 4.79 Å². The molecule has 8 aliphatic rings. The van der Waals surface area contributed by atoms with Gasteiger partial charge in [0.1, 0.15) is 49.3 Å². The number of ether oxygens (including phenoxy) is 10. The SMILES string of the molecule is COC(=O)CO[C@H]1O[C@@H]2[C@@H](O)[C@H](O[C@H]3CC[C@]4(C)[C@H]5CC=C6[C@@H]7CC(C)(C)CC[C@]7(C(=O)O[C@@H]7O[C@H](CO)[C@@H](O)[C@H](O)[C@H]7O)CC[C@@]6(C)[C@]5(C)CC[C@H]4C3(C)C)O[C@H](C(=O)OC)[C@H]2O[C@@]1(O)C(=O)OC. The van der Waals surface area contributed by atoms with Crippen molar-refractivity contribution in [1.29, 1.82) is 0 Å². The molecule has 0 aromatic heterocycles. The molecular weight excluding hydrogens is 921 g/mol. The number of hydrogen-bond donors (Lipinski definition) is 6. The van der Waals surface area contributed by atoms with Crippen LogP contribution in [-0.4, -0.2) is 169 Å². The Labute approximate surface area is 408 Å². The van der Waals surface area contributed by atoms with Gasteiger partial charge in [-0.1, -0.05) is 60.1 Å². The average Bonchev–Trinajstić information content (AvgIpc) is 3.31. The maximum Gasteiger partial charge on any atom is 0.372 e. The first kappa shape index (κ1) is 53.4. The summed E-state index contributed by atoms with van der Waals surface area (Å²) in [4.78, 5) is 53.0. The molecule has 0 unspecified atom stereocenters. The van der Waals surface area contributed by atoms with E-state index in [-0.39, 0.29) is 39.4 Å². The molecule has 5 aliphatic carbocycles. The topological polar surface area (TPSA) is 282 Å². The summed E-state index contributed by atoms with van der Waals surface area (Å²) < 4.78 is 56.2. The molecule has 20 heteroatoms. The van der Waals surface area contributed by atoms with Crippen molar-refractivity contribution in [2.45, 2.75) is 192 Å². The first-order chi connectivity index (χ1) is 32.7. The van der Waals surface area contributed by atoms with Gasteiger partial charge in [-0.2, -0.15) is 0 Å². The summed E-state index contributed by atoms with van der Waals surface area (Å²) in [6.45, 7) is 14.6. The summed E-state index contributed by atoms with van der Waals surface area (Å²) in [5.41, 5.74) is -0.864. The molecule has 7 fully saturated rings. The van der Waals surface area contributed by atoms with Gasteiger partial charge >= 0.3 is 29.7 Å². The number of allylic oxidation sites excluding steroid dienone is 2. The van der Waals surface area contributed by atoms with Crippen LogP contribution in [0.25, 0.3) is 0 Å². The molecule has 0 spiro atoms. The maximum atomic E-state index is 14.7. The highest BCUT2D eigenvalue weighted by Crippen LogP contribution is 2.76. The van der Waals surface area contributed by atoms with Crippen LogP contribution in [0.1, 0.15) is 113 Å². The molecule has 3 saturated heterocycles. The smallest absolute Gasteiger partial charge is 0.372 e. The molecule has 70 heavy (non-hydrogen) atoms. The Bertz CT molecular complexity index is 2040. The number of aliphatic hydroxyl groups excluding tert-OH is 5. The van der Waals surface area contributed by atoms with E-state index in [2.05, 4.69) is 59.3 Å². The lowest BCUT2D eigenvalue weighted by molar-refractivity contribution is -0.435. The second kappa shape index (κ2) is 18.8. The number of fused-ring (bicyclic) bond motifs is 8. The zero-order valence-corrected chi connectivity index (χ0v) is 42.1. The van der Waals surface area contributed by atoms with Crippen LogP contribution in [0.5, 0.6) is 0 Å². The quantitative estimate of drug-likeness (QED) is 0.0789. The van der Waals surface area contributed by atoms with Crippen LogP contribution in [0.15, 0.2) is 11.6 Å². The van der Waals surface area contributed by atoms with Crippen molar-refractivity contribution < 1.29 is 97.2 Å². The predicted molar refractivity (Wildman–Crippen MR) is 239 cm³/mol. The minimum Gasteiger partial charge on any atom is -0.467 e. The second-order valence-electron chi connectivity index (χ2n) is 23.5. The van der Waals surface area contributed by atoms with Crippen molar-refractivity contribution in [3.8, 4) is 0 Å². The van der Waals surface area contributed by atoms with Crippen LogP contribution >= 0.6 is 0 Å². The Morgan fingerprint density at radius 3 is 2.09 bits per heavy atom. The first-order valence-corrected chi connectivity index (χ1v) is 24.8. The molecule has 3 aliphatic heterocycles. The lowest BCUT2D eigenvalue weighted by Crippen LogP contribution is -2.72. The van der Waals surface area contributed by atoms with Gasteiger partial charge in [-0.25, -0.2) is 14.4 Å². The summed E-state index contributed by atoms with van der Waals surface area (Å²) >= 11 is 0. The fourth-order valence-electron chi connectivity index (χ4n) is 15.1. The van der Waals surface area contributed by atoms with Crippen molar-refractivity contribution in [2.24, 2.45) is 50.2 Å². The van der Waals surface area contributed by atoms with E-state index in [1.807, 2.05) is 0 Å². The summed E-state index contributed by atoms with van der Waals surface area (Å²) in [7, 11) is 3.21. The fourth-order valence-corrected chi connectivity index (χ4v) is 15.1. The zero-order chi connectivity index (χ0) is 51.3. The van der Waals surface area contributed by atoms with Crippen molar-refractivity contribution >= 4 is 23.9 Å². The molecule has 8 rings (SSSR count). The molecule has 396 valence electrons. The Hall–Kier alpha value is -2.86. The highest BCUT2D eigenvalue weighted by Gasteiger charge is 2.71. The number of methoxy groups -OCH3 is 3. The Kier molecular flexibility index (Phi) is 14.4. The molecule has 4 saturated carbocycles. The van der Waals surface area contributed by atoms with Gasteiger partial charge in [0.2, 0.25) is 12.6 Å². The monoisotopic (exact) mass is 996 g/mol. The van der Waals surface area contributed by atoms with Crippen LogP contribution in [-0.2, 0) is 66.5 Å². The van der Waals surface area contributed by atoms with Gasteiger partial charge in [0.15, 0.2) is 12.4 Å². The van der Waals surface area contributed by atoms with E-state index >= 15 is 0 Å². The molecule has 0 aromatic carbocycles. The molecule has 0 aromatic rings. The minimum absolute atomic E-state index is 0.0729. The Morgan fingerprint density at radius 2 is 1.43 bits per heavy atom. The van der Waals surface area contributed by atoms with Gasteiger partial charge in [0, 0.05) is 0 Å². The third-order valence-corrected chi connectivity index (χ3v) is 19.3. The number of hydrogen-bond acceptors (Lipinski definition) is 20. The highest BCUT2D eigenvalue weighted by molar-refractivity contribution is 5.80. The largest absolute Gasteiger partial charge is 0.467 e. The predicted octanol–water partition coefficient (Wildman–Crippen LogP) is 1.94. The zero-order valence-electron chi connectivity index (χ0n) is 42.1. The van der Waals surface area contributed by atoms with Crippen LogP contribution in [0.3, 0.4) is 0 Å². The summed E-state index contributed by atoms with van der Waals surface area (Å²) in [6, 6.07) is 0. The molecule has 20 atom stereocenters. The first-order valence-electron chi connectivity index (χ1n) is 24.8. The van der Waals surface area contributed by atoms with E-state index in [4.69, 9.17) is 42.6 Å². The van der Waals surface area contributed by atoms with Crippen molar-refractivity contribution in [3.63, 3.8) is 0 Å². The van der Waals surface area contributed by atoms with Crippen LogP contribution < -0.4 is 0 Å². The standard InChI is InChI=1S/C50H76O20/c1-44(2)17-19-49(41(58)69-39-33(55)32(54)31(53)26(22-51)65-39)20-18-47(6)24(25(49)21-44)11-12-28-46(5)15-14-29(45(3,4)27(46)13-16-48(28,47)7)66-40-34(56)35-36(37(67-40)38(57)62-9)70-50(60,42(59)63-10)43(68-35)64-23-30(52)61-8/h11,25-29,31-37,39-40,43,51,53-56,60H,12-23H2,1-10H3/t25-,26+,27-,28+,29-,31+,32-,33+,34+,35+,36-,37-,39-,40+,43-,46-,47+,48+,49-,50-/m0/s1. The summed E-state index contributed by atoms with van der Waals surface area (Å²) in [5, 5.41) is 65.0. The third-order valence-electron chi connectivity index (χ3n) is 19.3. The number of rotatable bonds is 10. The normalized spacial score (nSPS) is 48.1. The van der Waals surface area contributed by atoms with E-state index < -0.39 is 128 Å². The number of carbonyl (C=O) groups is 4. The van der Waals surface area contributed by atoms with Crippen molar-refractivity contribution in [2.75, 3.05) is 34.5 Å². The molecule has 0 amide bonds. The number of carbonyl (C=O) groups excluding carboxylic acids is 4. The number of esters is 4. The second-order valence-corrected chi connectivity index (χ2v) is 23.5. The van der Waals surface area contributed by atoms with Gasteiger partial charge in [-0.15, -0.1) is 0 Å². The van der Waals surface area contributed by atoms with Crippen molar-refractivity contribution in [1.82, 2.24) is 0 Å². The van der Waals surface area contributed by atoms with E-state index in [0.29, 0.717) is 19.3 Å². The minimum atomic E-state index is -3.00. The van der Waals surface area contributed by atoms with Gasteiger partial charge in [0.25, 0.3) is 0 Å². The van der Waals surface area contributed by atoms with Gasteiger partial charge in [-0.05, 0) is 109 Å². The van der Waals surface area contributed by atoms with E-state index in [9.17, 15) is 49.8 Å². The molecule has 0 radical (unpaired) electrons. The summed E-state index contributed by atoms with van der Waals surface area (Å²) in [6.07, 6.45) is -8.48. The molecule has 20 nitrogen and oxygen atoms in total. The van der Waals surface area contributed by atoms with Crippen LogP contribution in [0.2, 0.25) is 0 Å². The lowest BCUT2D eigenvalue weighted by atomic mass is 9.33. The Morgan fingerprint density at radius 1 is 0.729 bits per heavy atom. The molecule has 3 heterocycles. The summed E-state index contributed by atoms with van der Waals surface area (Å²) in [5.74, 6) is -6.47. The maximum absolute atomic E-state index is 14.7. The molecule has 0 bridgehead atoms. The van der Waals surface area contributed by atoms with E-state index in [1.54, 1.807) is 0 Å². The van der Waals surface area contributed by atoms with Crippen LogP contribution in [0, 0.1) is 50.2 Å². The Balaban J connectivity index is 1.04. The lowest BCUT2D eigenvalue weighted by Gasteiger charge is -2.71. The van der Waals surface area contributed by atoms with E-state index in [1.165, 1.54) is 5.57 Å². The molecule has 6 N–H and O–H groups in total.